The molecule has 150 valence electrons. The van der Waals surface area contributed by atoms with E-state index in [9.17, 15) is 9.59 Å². The van der Waals surface area contributed by atoms with Crippen LogP contribution in [0.5, 0.6) is 11.6 Å². The lowest BCUT2D eigenvalue weighted by Crippen LogP contribution is -2.32. The smallest absolute Gasteiger partial charge is 0.268 e. The zero-order chi connectivity index (χ0) is 19.8. The summed E-state index contributed by atoms with van der Waals surface area (Å²) >= 11 is 0. The standard InChI is InChI=1S/C23H24N2O4/c26-20-7-4-16-3-5-17(13-19(16)20)25-11-9-21(23(25)27)29-18-6-8-22(24-14-18)28-12-10-15-1-2-15/h3,5-6,8,13-15,21H,1-2,4,7,9-12H2/t21-/m1/s1. The second-order valence-corrected chi connectivity index (χ2v) is 8.06. The van der Waals surface area contributed by atoms with Gasteiger partial charge < -0.3 is 14.4 Å². The number of hydrogen-bond acceptors (Lipinski definition) is 5. The number of Topliss-reactive ketones (excluding diaryl/α,β-unsaturated/α-hetero) is 1. The van der Waals surface area contributed by atoms with E-state index >= 15 is 0 Å². The summed E-state index contributed by atoms with van der Waals surface area (Å²) in [6.45, 7) is 1.27. The van der Waals surface area contributed by atoms with E-state index in [0.29, 0.717) is 37.6 Å². The van der Waals surface area contributed by atoms with Crippen molar-refractivity contribution in [2.45, 2.75) is 44.6 Å². The summed E-state index contributed by atoms with van der Waals surface area (Å²) in [5, 5.41) is 0. The highest BCUT2D eigenvalue weighted by Gasteiger charge is 2.35. The maximum Gasteiger partial charge on any atom is 0.268 e. The second kappa shape index (κ2) is 7.50. The molecule has 1 aliphatic heterocycles. The fraction of sp³-hybridized carbons (Fsp3) is 0.435. The SMILES string of the molecule is O=C1CCc2ccc(N3CC[C@@H](Oc4ccc(OCCC5CC5)nc4)C3=O)cc21. The molecule has 2 heterocycles. The van der Waals surface area contributed by atoms with Crippen LogP contribution >= 0.6 is 0 Å². The van der Waals surface area contributed by atoms with Gasteiger partial charge in [-0.25, -0.2) is 4.98 Å². The Morgan fingerprint density at radius 2 is 1.97 bits per heavy atom. The van der Waals surface area contributed by atoms with Gasteiger partial charge in [-0.15, -0.1) is 0 Å². The van der Waals surface area contributed by atoms with Crippen molar-refractivity contribution in [3.63, 3.8) is 0 Å². The first kappa shape index (κ1) is 18.2. The van der Waals surface area contributed by atoms with Crippen molar-refractivity contribution < 1.29 is 19.1 Å². The first-order valence-corrected chi connectivity index (χ1v) is 10.4. The molecule has 2 aromatic rings. The molecule has 6 heteroatoms. The van der Waals surface area contributed by atoms with Gasteiger partial charge in [0.2, 0.25) is 5.88 Å². The number of fused-ring (bicyclic) bond motifs is 1. The number of rotatable bonds is 7. The van der Waals surface area contributed by atoms with Gasteiger partial charge in [0.25, 0.3) is 5.91 Å². The first-order valence-electron chi connectivity index (χ1n) is 10.4. The highest BCUT2D eigenvalue weighted by molar-refractivity contribution is 6.04. The van der Waals surface area contributed by atoms with Gasteiger partial charge in [-0.1, -0.05) is 18.9 Å². The number of carbonyl (C=O) groups is 2. The molecule has 0 spiro atoms. The number of benzene rings is 1. The van der Waals surface area contributed by atoms with E-state index in [1.807, 2.05) is 18.2 Å². The monoisotopic (exact) mass is 392 g/mol. The molecule has 1 saturated carbocycles. The molecule has 6 nitrogen and oxygen atoms in total. The van der Waals surface area contributed by atoms with Gasteiger partial charge in [0, 0.05) is 36.7 Å². The summed E-state index contributed by atoms with van der Waals surface area (Å²) in [4.78, 5) is 30.8. The van der Waals surface area contributed by atoms with E-state index in [-0.39, 0.29) is 11.7 Å². The molecule has 3 aliphatic rings. The maximum absolute atomic E-state index is 12.8. The van der Waals surface area contributed by atoms with Crippen molar-refractivity contribution in [2.75, 3.05) is 18.1 Å². The molecule has 29 heavy (non-hydrogen) atoms. The van der Waals surface area contributed by atoms with E-state index in [0.717, 1.165) is 35.6 Å². The average molecular weight is 392 g/mol. The van der Waals surface area contributed by atoms with Gasteiger partial charge in [-0.3, -0.25) is 9.59 Å². The molecule has 1 saturated heterocycles. The van der Waals surface area contributed by atoms with E-state index in [1.54, 1.807) is 23.2 Å². The number of hydrogen-bond donors (Lipinski definition) is 0. The summed E-state index contributed by atoms with van der Waals surface area (Å²) in [7, 11) is 0. The lowest BCUT2D eigenvalue weighted by atomic mass is 10.1. The Morgan fingerprint density at radius 3 is 2.76 bits per heavy atom. The maximum atomic E-state index is 12.8. The zero-order valence-electron chi connectivity index (χ0n) is 16.3. The lowest BCUT2D eigenvalue weighted by molar-refractivity contribution is -0.122. The molecule has 0 bridgehead atoms. The minimum Gasteiger partial charge on any atom is -0.479 e. The summed E-state index contributed by atoms with van der Waals surface area (Å²) in [5.74, 6) is 2.05. The molecule has 1 aromatic carbocycles. The summed E-state index contributed by atoms with van der Waals surface area (Å²) in [5.41, 5.74) is 2.59. The van der Waals surface area contributed by atoms with Crippen LogP contribution in [0.2, 0.25) is 0 Å². The van der Waals surface area contributed by atoms with Crippen molar-refractivity contribution in [1.29, 1.82) is 0 Å². The van der Waals surface area contributed by atoms with Gasteiger partial charge in [-0.2, -0.15) is 0 Å². The molecule has 1 atom stereocenters. The third-order valence-electron chi connectivity index (χ3n) is 5.94. The molecule has 1 amide bonds. The van der Waals surface area contributed by atoms with Crippen LogP contribution in [0.3, 0.4) is 0 Å². The van der Waals surface area contributed by atoms with Crippen LogP contribution in [-0.2, 0) is 11.2 Å². The topological polar surface area (TPSA) is 68.7 Å². The number of aromatic nitrogens is 1. The number of ketones is 1. The van der Waals surface area contributed by atoms with E-state index in [1.165, 1.54) is 12.8 Å². The number of nitrogens with zero attached hydrogens (tertiary/aromatic N) is 2. The third kappa shape index (κ3) is 3.84. The number of pyridine rings is 1. The normalized spacial score (nSPS) is 20.8. The molecule has 2 aliphatic carbocycles. The molecule has 0 unspecified atom stereocenters. The Kier molecular flexibility index (Phi) is 4.70. The van der Waals surface area contributed by atoms with Gasteiger partial charge in [0.1, 0.15) is 5.75 Å². The summed E-state index contributed by atoms with van der Waals surface area (Å²) in [6, 6.07) is 9.31. The van der Waals surface area contributed by atoms with Crippen molar-refractivity contribution >= 4 is 17.4 Å². The second-order valence-electron chi connectivity index (χ2n) is 8.06. The molecule has 0 N–H and O–H groups in total. The average Bonchev–Trinajstić information content (AvgIpc) is 3.40. The van der Waals surface area contributed by atoms with E-state index in [4.69, 9.17) is 9.47 Å². The van der Waals surface area contributed by atoms with Crippen LogP contribution in [0.1, 0.15) is 48.0 Å². The highest BCUT2D eigenvalue weighted by Crippen LogP contribution is 2.32. The van der Waals surface area contributed by atoms with Crippen LogP contribution in [-0.4, -0.2) is 35.9 Å². The summed E-state index contributed by atoms with van der Waals surface area (Å²) < 4.78 is 11.5. The minimum absolute atomic E-state index is 0.0832. The Labute approximate surface area is 169 Å². The van der Waals surface area contributed by atoms with Crippen molar-refractivity contribution in [2.24, 2.45) is 5.92 Å². The van der Waals surface area contributed by atoms with Crippen LogP contribution in [0, 0.1) is 5.92 Å². The Balaban J connectivity index is 1.20. The summed E-state index contributed by atoms with van der Waals surface area (Å²) in [6.07, 6.45) is 6.74. The van der Waals surface area contributed by atoms with Crippen molar-refractivity contribution in [3.05, 3.63) is 47.7 Å². The van der Waals surface area contributed by atoms with Gasteiger partial charge in [0.05, 0.1) is 12.8 Å². The van der Waals surface area contributed by atoms with Crippen molar-refractivity contribution in [1.82, 2.24) is 4.98 Å². The predicted molar refractivity (Wildman–Crippen MR) is 108 cm³/mol. The number of amides is 1. The van der Waals surface area contributed by atoms with Crippen LogP contribution in [0.25, 0.3) is 0 Å². The first-order chi connectivity index (χ1) is 14.2. The number of carbonyl (C=O) groups excluding carboxylic acids is 2. The van der Waals surface area contributed by atoms with Crippen LogP contribution < -0.4 is 14.4 Å². The van der Waals surface area contributed by atoms with Gasteiger partial charge >= 0.3 is 0 Å². The molecule has 5 rings (SSSR count). The highest BCUT2D eigenvalue weighted by atomic mass is 16.5. The Bertz CT molecular complexity index is 936. The minimum atomic E-state index is -0.539. The number of ether oxygens (including phenoxy) is 2. The zero-order valence-corrected chi connectivity index (χ0v) is 16.3. The third-order valence-corrected chi connectivity index (χ3v) is 5.94. The fourth-order valence-electron chi connectivity index (χ4n) is 4.04. The number of aryl methyl sites for hydroxylation is 1. The Hall–Kier alpha value is -2.89. The predicted octanol–water partition coefficient (Wildman–Crippen LogP) is 3.57. The molecular formula is C23H24N2O4. The fourth-order valence-corrected chi connectivity index (χ4v) is 4.04. The number of anilines is 1. The van der Waals surface area contributed by atoms with Crippen LogP contribution in [0.15, 0.2) is 36.5 Å². The molecule has 1 aromatic heterocycles. The van der Waals surface area contributed by atoms with Crippen LogP contribution in [0.4, 0.5) is 5.69 Å². The molecule has 2 fully saturated rings. The lowest BCUT2D eigenvalue weighted by Gasteiger charge is -2.18. The van der Waals surface area contributed by atoms with E-state index in [2.05, 4.69) is 4.98 Å². The molecular weight excluding hydrogens is 368 g/mol. The van der Waals surface area contributed by atoms with Crippen molar-refractivity contribution in [3.8, 4) is 11.6 Å². The van der Waals surface area contributed by atoms with Gasteiger partial charge in [0.15, 0.2) is 11.9 Å². The Morgan fingerprint density at radius 1 is 1.07 bits per heavy atom. The quantitative estimate of drug-likeness (QED) is 0.720. The van der Waals surface area contributed by atoms with E-state index < -0.39 is 6.10 Å². The largest absolute Gasteiger partial charge is 0.479 e. The molecule has 0 radical (unpaired) electrons. The van der Waals surface area contributed by atoms with Gasteiger partial charge in [-0.05, 0) is 42.5 Å².